The van der Waals surface area contributed by atoms with E-state index in [0.29, 0.717) is 27.7 Å². The smallest absolute Gasteiger partial charge is 0.269 e. The monoisotopic (exact) mass is 414 g/mol. The third-order valence-electron chi connectivity index (χ3n) is 4.48. The lowest BCUT2D eigenvalue weighted by Gasteiger charge is -2.07. The van der Waals surface area contributed by atoms with Crippen molar-refractivity contribution >= 4 is 28.8 Å². The number of carbonyl (C=O) groups is 1. The Balaban J connectivity index is 1.49. The van der Waals surface area contributed by atoms with Crippen molar-refractivity contribution in [2.45, 2.75) is 6.92 Å². The average molecular weight is 414 g/mol. The van der Waals surface area contributed by atoms with Gasteiger partial charge in [0.05, 0.1) is 11.4 Å². The zero-order chi connectivity index (χ0) is 20.5. The molecule has 0 spiro atoms. The number of aryl methyl sites for hydroxylation is 1. The number of hydrogen-bond acceptors (Lipinski definition) is 8. The first-order valence-electron chi connectivity index (χ1n) is 9.02. The maximum absolute atomic E-state index is 12.5. The van der Waals surface area contributed by atoms with Crippen molar-refractivity contribution in [2.24, 2.45) is 0 Å². The Bertz CT molecular complexity index is 1360. The van der Waals surface area contributed by atoms with Crippen LogP contribution < -0.4 is 5.32 Å². The molecule has 0 unspecified atom stereocenters. The highest BCUT2D eigenvalue weighted by molar-refractivity contribution is 7.08. The number of carbonyl (C=O) groups excluding carboxylic acids is 1. The Kier molecular flexibility index (Phi) is 4.45. The highest BCUT2D eigenvalue weighted by atomic mass is 32.1. The third kappa shape index (κ3) is 3.29. The van der Waals surface area contributed by atoms with Gasteiger partial charge in [-0.2, -0.15) is 9.61 Å². The summed E-state index contributed by atoms with van der Waals surface area (Å²) >= 11 is 1.07. The number of rotatable bonds is 4. The van der Waals surface area contributed by atoms with E-state index in [1.807, 2.05) is 48.5 Å². The van der Waals surface area contributed by atoms with Crippen LogP contribution in [0.5, 0.6) is 0 Å². The zero-order valence-electron chi connectivity index (χ0n) is 15.7. The summed E-state index contributed by atoms with van der Waals surface area (Å²) in [6.07, 6.45) is 3.40. The predicted molar refractivity (Wildman–Crippen MR) is 112 cm³/mol. The first-order chi connectivity index (χ1) is 14.7. The Morgan fingerprint density at radius 1 is 1.00 bits per heavy atom. The van der Waals surface area contributed by atoms with Crippen LogP contribution in [0.15, 0.2) is 60.9 Å². The molecule has 0 radical (unpaired) electrons. The van der Waals surface area contributed by atoms with E-state index < -0.39 is 0 Å². The number of nitrogens with zero attached hydrogens (tertiary/aromatic N) is 7. The van der Waals surface area contributed by atoms with Gasteiger partial charge in [0, 0.05) is 29.2 Å². The maximum Gasteiger partial charge on any atom is 0.269 e. The van der Waals surface area contributed by atoms with Gasteiger partial charge in [0.25, 0.3) is 5.91 Å². The van der Waals surface area contributed by atoms with E-state index in [2.05, 4.69) is 30.1 Å². The van der Waals surface area contributed by atoms with E-state index in [-0.39, 0.29) is 5.91 Å². The first kappa shape index (κ1) is 18.0. The van der Waals surface area contributed by atoms with Crippen molar-refractivity contribution in [1.82, 2.24) is 34.4 Å². The second-order valence-corrected chi connectivity index (χ2v) is 7.22. The summed E-state index contributed by atoms with van der Waals surface area (Å²) in [5.74, 6) is 0.397. The van der Waals surface area contributed by atoms with Gasteiger partial charge in [0.15, 0.2) is 11.5 Å². The van der Waals surface area contributed by atoms with Gasteiger partial charge in [-0.15, -0.1) is 15.3 Å². The van der Waals surface area contributed by atoms with E-state index in [1.54, 1.807) is 23.8 Å². The molecule has 9 nitrogen and oxygen atoms in total. The predicted octanol–water partition coefficient (Wildman–Crippen LogP) is 3.27. The summed E-state index contributed by atoms with van der Waals surface area (Å²) < 4.78 is 5.51. The molecule has 5 aromatic rings. The Morgan fingerprint density at radius 3 is 2.67 bits per heavy atom. The number of fused-ring (bicyclic) bond motifs is 1. The minimum Gasteiger partial charge on any atom is -0.321 e. The van der Waals surface area contributed by atoms with Gasteiger partial charge in [0.1, 0.15) is 4.88 Å². The molecule has 0 aliphatic rings. The molecule has 0 bridgehead atoms. The van der Waals surface area contributed by atoms with Crippen molar-refractivity contribution in [3.8, 4) is 22.6 Å². The molecule has 0 fully saturated rings. The van der Waals surface area contributed by atoms with Crippen LogP contribution in [-0.2, 0) is 0 Å². The molecule has 5 rings (SSSR count). The summed E-state index contributed by atoms with van der Waals surface area (Å²) in [4.78, 5) is 17.0. The molecule has 1 amide bonds. The SMILES string of the molecule is Cc1nnsc1C(=O)Nc1cccc(-c2ccc3nnc(-c4ccncc4)n3n2)c1. The van der Waals surface area contributed by atoms with E-state index in [4.69, 9.17) is 5.10 Å². The van der Waals surface area contributed by atoms with Gasteiger partial charge < -0.3 is 5.32 Å². The Morgan fingerprint density at radius 2 is 1.87 bits per heavy atom. The largest absolute Gasteiger partial charge is 0.321 e. The molecule has 0 aliphatic heterocycles. The van der Waals surface area contributed by atoms with E-state index in [1.165, 1.54) is 0 Å². The lowest BCUT2D eigenvalue weighted by molar-refractivity contribution is 0.103. The number of pyridine rings is 1. The molecule has 10 heteroatoms. The molecule has 4 aromatic heterocycles. The standard InChI is InChI=1S/C20H14N8OS/c1-12-18(30-27-23-12)20(29)22-15-4-2-3-14(11-15)16-5-6-17-24-25-19(28(17)26-16)13-7-9-21-10-8-13/h2-11H,1H3,(H,22,29). The van der Waals surface area contributed by atoms with Crippen molar-refractivity contribution in [3.05, 3.63) is 71.5 Å². The molecule has 0 saturated carbocycles. The van der Waals surface area contributed by atoms with Gasteiger partial charge in [-0.05, 0) is 54.9 Å². The van der Waals surface area contributed by atoms with Gasteiger partial charge in [-0.3, -0.25) is 9.78 Å². The third-order valence-corrected chi connectivity index (χ3v) is 5.30. The molecule has 0 atom stereocenters. The molecule has 4 heterocycles. The minimum atomic E-state index is -0.234. The Hall–Kier alpha value is -4.05. The van der Waals surface area contributed by atoms with Crippen LogP contribution in [0.25, 0.3) is 28.3 Å². The van der Waals surface area contributed by atoms with Gasteiger partial charge in [-0.25, -0.2) is 0 Å². The van der Waals surface area contributed by atoms with Crippen LogP contribution >= 0.6 is 11.5 Å². The van der Waals surface area contributed by atoms with Crippen LogP contribution in [0.3, 0.4) is 0 Å². The van der Waals surface area contributed by atoms with E-state index in [9.17, 15) is 4.79 Å². The fourth-order valence-corrected chi connectivity index (χ4v) is 3.56. The van der Waals surface area contributed by atoms with Crippen LogP contribution in [0, 0.1) is 6.92 Å². The number of hydrogen-bond donors (Lipinski definition) is 1. The average Bonchev–Trinajstić information content (AvgIpc) is 3.40. The number of anilines is 1. The van der Waals surface area contributed by atoms with Crippen LogP contribution in [-0.4, -0.2) is 40.3 Å². The molecule has 0 saturated heterocycles. The number of aromatic nitrogens is 7. The summed E-state index contributed by atoms with van der Waals surface area (Å²) in [6.45, 7) is 1.76. The van der Waals surface area contributed by atoms with Crippen molar-refractivity contribution in [2.75, 3.05) is 5.32 Å². The quantitative estimate of drug-likeness (QED) is 0.480. The van der Waals surface area contributed by atoms with E-state index in [0.717, 1.165) is 28.4 Å². The van der Waals surface area contributed by atoms with Gasteiger partial charge >= 0.3 is 0 Å². The first-order valence-corrected chi connectivity index (χ1v) is 9.80. The highest BCUT2D eigenvalue weighted by Crippen LogP contribution is 2.24. The molecule has 1 aromatic carbocycles. The lowest BCUT2D eigenvalue weighted by atomic mass is 10.1. The minimum absolute atomic E-state index is 0.234. The molecule has 30 heavy (non-hydrogen) atoms. The van der Waals surface area contributed by atoms with Crippen molar-refractivity contribution in [1.29, 1.82) is 0 Å². The maximum atomic E-state index is 12.5. The fourth-order valence-electron chi connectivity index (χ4n) is 3.01. The van der Waals surface area contributed by atoms with Crippen LogP contribution in [0.4, 0.5) is 5.69 Å². The topological polar surface area (TPSA) is 111 Å². The summed E-state index contributed by atoms with van der Waals surface area (Å²) in [5, 5.41) is 19.9. The molecular formula is C20H14N8OS. The van der Waals surface area contributed by atoms with Crippen LogP contribution in [0.1, 0.15) is 15.4 Å². The molecule has 1 N–H and O–H groups in total. The lowest BCUT2D eigenvalue weighted by Crippen LogP contribution is -2.11. The number of nitrogens with one attached hydrogen (secondary N) is 1. The molecule has 0 aliphatic carbocycles. The van der Waals surface area contributed by atoms with E-state index >= 15 is 0 Å². The van der Waals surface area contributed by atoms with Gasteiger partial charge in [0.2, 0.25) is 0 Å². The second-order valence-electron chi connectivity index (χ2n) is 6.47. The van der Waals surface area contributed by atoms with Crippen LogP contribution in [0.2, 0.25) is 0 Å². The van der Waals surface area contributed by atoms with Crippen molar-refractivity contribution in [3.63, 3.8) is 0 Å². The summed E-state index contributed by atoms with van der Waals surface area (Å²) in [7, 11) is 0. The molecule has 146 valence electrons. The number of amides is 1. The van der Waals surface area contributed by atoms with Gasteiger partial charge in [-0.1, -0.05) is 16.6 Å². The number of benzene rings is 1. The Labute approximate surface area is 174 Å². The zero-order valence-corrected chi connectivity index (χ0v) is 16.5. The molecular weight excluding hydrogens is 400 g/mol. The summed E-state index contributed by atoms with van der Waals surface area (Å²) in [5.41, 5.74) is 4.36. The van der Waals surface area contributed by atoms with Crippen molar-refractivity contribution < 1.29 is 4.79 Å². The highest BCUT2D eigenvalue weighted by Gasteiger charge is 2.14. The second kappa shape index (κ2) is 7.41. The normalized spacial score (nSPS) is 11.0. The fraction of sp³-hybridized carbons (Fsp3) is 0.0500. The summed E-state index contributed by atoms with van der Waals surface area (Å²) in [6, 6.07) is 14.9.